The van der Waals surface area contributed by atoms with E-state index in [4.69, 9.17) is 4.74 Å². The van der Waals surface area contributed by atoms with Crippen LogP contribution in [0.5, 0.6) is 0 Å². The molecule has 1 atom stereocenters. The van der Waals surface area contributed by atoms with Crippen LogP contribution in [-0.2, 0) is 14.3 Å². The summed E-state index contributed by atoms with van der Waals surface area (Å²) in [6, 6.07) is 0.0954. The number of hydrogen-bond donors (Lipinski definition) is 1. The van der Waals surface area contributed by atoms with Gasteiger partial charge in [-0.2, -0.15) is 0 Å². The molecule has 1 N–H and O–H groups in total. The zero-order valence-electron chi connectivity index (χ0n) is 6.79. The highest BCUT2D eigenvalue weighted by Gasteiger charge is 2.23. The first-order valence-corrected chi connectivity index (χ1v) is 3.65. The van der Waals surface area contributed by atoms with E-state index >= 15 is 0 Å². The van der Waals surface area contributed by atoms with Gasteiger partial charge in [0.15, 0.2) is 0 Å². The number of carbonyl (C=O) groups is 1. The Labute approximate surface area is 65.9 Å². The zero-order valence-corrected chi connectivity index (χ0v) is 6.79. The molecule has 1 rings (SSSR count). The molecule has 4 heteroatoms. The van der Waals surface area contributed by atoms with E-state index in [1.165, 1.54) is 7.11 Å². The van der Waals surface area contributed by atoms with Crippen molar-refractivity contribution < 1.29 is 14.3 Å². The summed E-state index contributed by atoms with van der Waals surface area (Å²) in [7, 11) is 1.39. The highest BCUT2D eigenvalue weighted by Crippen LogP contribution is 2.01. The average molecular weight is 159 g/mol. The fourth-order valence-electron chi connectivity index (χ4n) is 0.930. The first-order valence-electron chi connectivity index (χ1n) is 3.65. The Kier molecular flexibility index (Phi) is 2.84. The van der Waals surface area contributed by atoms with E-state index < -0.39 is 0 Å². The summed E-state index contributed by atoms with van der Waals surface area (Å²) in [6.45, 7) is 3.17. The SMILES string of the molecule is COC(=O)C(C)NC1COC1. The number of hydrogen-bond acceptors (Lipinski definition) is 4. The Balaban J connectivity index is 2.18. The van der Waals surface area contributed by atoms with Crippen LogP contribution < -0.4 is 5.32 Å². The third-order valence-electron chi connectivity index (χ3n) is 1.68. The maximum atomic E-state index is 10.9. The van der Waals surface area contributed by atoms with E-state index in [1.54, 1.807) is 6.92 Å². The maximum absolute atomic E-state index is 10.9. The minimum Gasteiger partial charge on any atom is -0.468 e. The summed E-state index contributed by atoms with van der Waals surface area (Å²) in [5.41, 5.74) is 0. The molecule has 1 fully saturated rings. The molecule has 11 heavy (non-hydrogen) atoms. The number of ether oxygens (including phenoxy) is 2. The highest BCUT2D eigenvalue weighted by atomic mass is 16.5. The van der Waals surface area contributed by atoms with Gasteiger partial charge in [0, 0.05) is 0 Å². The minimum atomic E-state index is -0.228. The highest BCUT2D eigenvalue weighted by molar-refractivity contribution is 5.75. The van der Waals surface area contributed by atoms with Crippen molar-refractivity contribution >= 4 is 5.97 Å². The maximum Gasteiger partial charge on any atom is 0.322 e. The number of nitrogens with one attached hydrogen (secondary N) is 1. The van der Waals surface area contributed by atoms with Crippen LogP contribution in [0, 0.1) is 0 Å². The van der Waals surface area contributed by atoms with Gasteiger partial charge in [-0.15, -0.1) is 0 Å². The van der Waals surface area contributed by atoms with Gasteiger partial charge in [-0.05, 0) is 6.92 Å². The Hall–Kier alpha value is -0.610. The molecular weight excluding hydrogens is 146 g/mol. The second-order valence-corrected chi connectivity index (χ2v) is 2.65. The number of methoxy groups -OCH3 is 1. The predicted octanol–water partition coefficient (Wildman–Crippen LogP) is -0.464. The van der Waals surface area contributed by atoms with Gasteiger partial charge in [-0.1, -0.05) is 0 Å². The molecule has 1 saturated heterocycles. The number of rotatable bonds is 3. The Morgan fingerprint density at radius 1 is 1.73 bits per heavy atom. The fourth-order valence-corrected chi connectivity index (χ4v) is 0.930. The van der Waals surface area contributed by atoms with Crippen LogP contribution in [0.15, 0.2) is 0 Å². The summed E-state index contributed by atoms with van der Waals surface area (Å²) < 4.78 is 9.47. The van der Waals surface area contributed by atoms with E-state index in [-0.39, 0.29) is 12.0 Å². The Morgan fingerprint density at radius 3 is 2.73 bits per heavy atom. The standard InChI is InChI=1S/C7H13NO3/c1-5(7(9)10-2)8-6-3-11-4-6/h5-6,8H,3-4H2,1-2H3. The molecule has 0 aromatic carbocycles. The minimum absolute atomic E-state index is 0.225. The summed E-state index contributed by atoms with van der Waals surface area (Å²) in [5, 5.41) is 3.07. The molecule has 0 amide bonds. The van der Waals surface area contributed by atoms with Gasteiger partial charge < -0.3 is 9.47 Å². The van der Waals surface area contributed by atoms with Crippen LogP contribution >= 0.6 is 0 Å². The van der Waals surface area contributed by atoms with Gasteiger partial charge in [-0.3, -0.25) is 10.1 Å². The van der Waals surface area contributed by atoms with Crippen molar-refractivity contribution in [2.75, 3.05) is 20.3 Å². The molecule has 0 saturated carbocycles. The third kappa shape index (κ3) is 2.17. The van der Waals surface area contributed by atoms with Gasteiger partial charge in [-0.25, -0.2) is 0 Å². The van der Waals surface area contributed by atoms with Gasteiger partial charge in [0.05, 0.1) is 26.4 Å². The van der Waals surface area contributed by atoms with Gasteiger partial charge in [0.2, 0.25) is 0 Å². The molecule has 0 aromatic heterocycles. The van der Waals surface area contributed by atoms with Gasteiger partial charge in [0.25, 0.3) is 0 Å². The van der Waals surface area contributed by atoms with Crippen molar-refractivity contribution in [3.63, 3.8) is 0 Å². The molecule has 64 valence electrons. The van der Waals surface area contributed by atoms with Crippen LogP contribution in [-0.4, -0.2) is 38.4 Å². The first kappa shape index (κ1) is 8.49. The first-order chi connectivity index (χ1) is 5.24. The van der Waals surface area contributed by atoms with Crippen molar-refractivity contribution in [1.29, 1.82) is 0 Å². The second kappa shape index (κ2) is 3.69. The molecule has 0 bridgehead atoms. The lowest BCUT2D eigenvalue weighted by Crippen LogP contribution is -2.52. The summed E-state index contributed by atoms with van der Waals surface area (Å²) in [4.78, 5) is 10.9. The van der Waals surface area contributed by atoms with Crippen LogP contribution in [0.4, 0.5) is 0 Å². The molecule has 0 aromatic rings. The van der Waals surface area contributed by atoms with Crippen molar-refractivity contribution in [3.8, 4) is 0 Å². The van der Waals surface area contributed by atoms with Crippen molar-refractivity contribution in [3.05, 3.63) is 0 Å². The second-order valence-electron chi connectivity index (χ2n) is 2.65. The van der Waals surface area contributed by atoms with E-state index in [0.717, 1.165) is 0 Å². The molecule has 4 nitrogen and oxygen atoms in total. The lowest BCUT2D eigenvalue weighted by atomic mass is 10.2. The molecule has 1 heterocycles. The van der Waals surface area contributed by atoms with Crippen molar-refractivity contribution in [1.82, 2.24) is 5.32 Å². The predicted molar refractivity (Wildman–Crippen MR) is 39.2 cm³/mol. The monoisotopic (exact) mass is 159 g/mol. The van der Waals surface area contributed by atoms with E-state index in [2.05, 4.69) is 10.1 Å². The Morgan fingerprint density at radius 2 is 2.36 bits per heavy atom. The number of esters is 1. The lowest BCUT2D eigenvalue weighted by molar-refractivity contribution is -0.143. The molecule has 0 aliphatic carbocycles. The lowest BCUT2D eigenvalue weighted by Gasteiger charge is -2.29. The van der Waals surface area contributed by atoms with Crippen LogP contribution in [0.3, 0.4) is 0 Å². The zero-order chi connectivity index (χ0) is 8.27. The Bertz CT molecular complexity index is 145. The van der Waals surface area contributed by atoms with E-state index in [9.17, 15) is 4.79 Å². The van der Waals surface area contributed by atoms with Crippen LogP contribution in [0.25, 0.3) is 0 Å². The largest absolute Gasteiger partial charge is 0.468 e. The topological polar surface area (TPSA) is 47.6 Å². The fraction of sp³-hybridized carbons (Fsp3) is 0.857. The number of carbonyl (C=O) groups excluding carboxylic acids is 1. The quantitative estimate of drug-likeness (QED) is 0.566. The van der Waals surface area contributed by atoms with E-state index in [0.29, 0.717) is 19.3 Å². The molecule has 1 aliphatic heterocycles. The van der Waals surface area contributed by atoms with Crippen molar-refractivity contribution in [2.45, 2.75) is 19.0 Å². The van der Waals surface area contributed by atoms with Gasteiger partial charge >= 0.3 is 5.97 Å². The van der Waals surface area contributed by atoms with E-state index in [1.807, 2.05) is 0 Å². The summed E-state index contributed by atoms with van der Waals surface area (Å²) >= 11 is 0. The van der Waals surface area contributed by atoms with Crippen LogP contribution in [0.2, 0.25) is 0 Å². The average Bonchev–Trinajstić information content (AvgIpc) is 1.94. The molecule has 1 aliphatic rings. The summed E-state index contributed by atoms with van der Waals surface area (Å²) in [5.74, 6) is -0.225. The van der Waals surface area contributed by atoms with Crippen molar-refractivity contribution in [2.24, 2.45) is 0 Å². The summed E-state index contributed by atoms with van der Waals surface area (Å²) in [6.07, 6.45) is 0. The van der Waals surface area contributed by atoms with Gasteiger partial charge in [0.1, 0.15) is 6.04 Å². The van der Waals surface area contributed by atoms with Crippen LogP contribution in [0.1, 0.15) is 6.92 Å². The molecule has 1 unspecified atom stereocenters. The molecule has 0 spiro atoms. The normalized spacial score (nSPS) is 20.5. The molecular formula is C7H13NO3. The molecule has 0 radical (unpaired) electrons. The smallest absolute Gasteiger partial charge is 0.322 e. The third-order valence-corrected chi connectivity index (χ3v) is 1.68.